The number of aryl methyl sites for hydroxylation is 1. The van der Waals surface area contributed by atoms with Crippen molar-refractivity contribution in [3.05, 3.63) is 11.9 Å². The average Bonchev–Trinajstić information content (AvgIpc) is 3.06. The number of hydrogen-bond acceptors (Lipinski definition) is 5. The zero-order valence-corrected chi connectivity index (χ0v) is 13.1. The van der Waals surface area contributed by atoms with Crippen LogP contribution in [-0.2, 0) is 19.6 Å². The number of aromatic nitrogens is 2. The molecule has 0 spiro atoms. The molecule has 2 rings (SSSR count). The van der Waals surface area contributed by atoms with Crippen LogP contribution in [0.5, 0.6) is 0 Å². The summed E-state index contributed by atoms with van der Waals surface area (Å²) in [5, 5.41) is 4.30. The van der Waals surface area contributed by atoms with E-state index in [9.17, 15) is 13.2 Å². The standard InChI is InChI=1S/C13H21N3O4S/c1-3-20-13(17)8-14-21(18,19)12-9-16(15-10(12)2)11-6-4-5-7-11/h9,11,14H,3-8H2,1-2H3. The van der Waals surface area contributed by atoms with Crippen LogP contribution in [0.1, 0.15) is 44.3 Å². The van der Waals surface area contributed by atoms with E-state index in [2.05, 4.69) is 9.82 Å². The SMILES string of the molecule is CCOC(=O)CNS(=O)(=O)c1cn(C2CCCC2)nc1C. The smallest absolute Gasteiger partial charge is 0.321 e. The Morgan fingerprint density at radius 2 is 2.14 bits per heavy atom. The first-order valence-electron chi connectivity index (χ1n) is 7.15. The van der Waals surface area contributed by atoms with Crippen LogP contribution in [0.15, 0.2) is 11.1 Å². The molecule has 0 radical (unpaired) electrons. The van der Waals surface area contributed by atoms with E-state index < -0.39 is 16.0 Å². The van der Waals surface area contributed by atoms with E-state index in [0.29, 0.717) is 5.69 Å². The van der Waals surface area contributed by atoms with E-state index in [-0.39, 0.29) is 24.1 Å². The van der Waals surface area contributed by atoms with Gasteiger partial charge in [-0.05, 0) is 26.7 Å². The van der Waals surface area contributed by atoms with Crippen molar-refractivity contribution in [1.82, 2.24) is 14.5 Å². The molecule has 0 amide bonds. The number of hydrogen-bond donors (Lipinski definition) is 1. The maximum atomic E-state index is 12.2. The Labute approximate surface area is 124 Å². The molecule has 0 unspecified atom stereocenters. The molecule has 1 heterocycles. The van der Waals surface area contributed by atoms with Crippen LogP contribution in [0.25, 0.3) is 0 Å². The largest absolute Gasteiger partial charge is 0.465 e. The van der Waals surface area contributed by atoms with Gasteiger partial charge in [-0.15, -0.1) is 0 Å². The number of esters is 1. The zero-order chi connectivity index (χ0) is 15.5. The van der Waals surface area contributed by atoms with Crippen molar-refractivity contribution in [2.24, 2.45) is 0 Å². The molecule has 1 aliphatic rings. The summed E-state index contributed by atoms with van der Waals surface area (Å²) in [7, 11) is -3.75. The summed E-state index contributed by atoms with van der Waals surface area (Å²) in [6.07, 6.45) is 5.89. The van der Waals surface area contributed by atoms with Crippen molar-refractivity contribution in [2.45, 2.75) is 50.5 Å². The molecule has 1 saturated carbocycles. The predicted octanol–water partition coefficient (Wildman–Crippen LogP) is 1.15. The van der Waals surface area contributed by atoms with Gasteiger partial charge in [0.1, 0.15) is 11.4 Å². The lowest BCUT2D eigenvalue weighted by atomic mass is 10.3. The maximum Gasteiger partial charge on any atom is 0.321 e. The topological polar surface area (TPSA) is 90.3 Å². The lowest BCUT2D eigenvalue weighted by Gasteiger charge is -2.08. The number of carbonyl (C=O) groups excluding carboxylic acids is 1. The number of sulfonamides is 1. The highest BCUT2D eigenvalue weighted by molar-refractivity contribution is 7.89. The molecule has 21 heavy (non-hydrogen) atoms. The molecule has 0 aliphatic heterocycles. The zero-order valence-electron chi connectivity index (χ0n) is 12.3. The van der Waals surface area contributed by atoms with Crippen molar-refractivity contribution in [1.29, 1.82) is 0 Å². The summed E-state index contributed by atoms with van der Waals surface area (Å²) in [6, 6.07) is 0.276. The van der Waals surface area contributed by atoms with Crippen LogP contribution in [0.4, 0.5) is 0 Å². The minimum absolute atomic E-state index is 0.124. The Kier molecular flexibility index (Phi) is 5.00. The van der Waals surface area contributed by atoms with Gasteiger partial charge in [0.15, 0.2) is 0 Å². The van der Waals surface area contributed by atoms with Crippen molar-refractivity contribution in [2.75, 3.05) is 13.2 Å². The number of nitrogens with zero attached hydrogens (tertiary/aromatic N) is 2. The van der Waals surface area contributed by atoms with Crippen LogP contribution >= 0.6 is 0 Å². The van der Waals surface area contributed by atoms with E-state index in [0.717, 1.165) is 25.7 Å². The molecule has 0 aromatic carbocycles. The Morgan fingerprint density at radius 3 is 2.76 bits per heavy atom. The molecule has 1 aromatic heterocycles. The second-order valence-corrected chi connectivity index (χ2v) is 6.86. The third kappa shape index (κ3) is 3.82. The first-order valence-corrected chi connectivity index (χ1v) is 8.63. The summed E-state index contributed by atoms with van der Waals surface area (Å²) in [5.41, 5.74) is 0.443. The lowest BCUT2D eigenvalue weighted by Crippen LogP contribution is -2.30. The fraction of sp³-hybridized carbons (Fsp3) is 0.692. The predicted molar refractivity (Wildman–Crippen MR) is 76.3 cm³/mol. The van der Waals surface area contributed by atoms with Crippen LogP contribution in [0.2, 0.25) is 0 Å². The van der Waals surface area contributed by atoms with Crippen LogP contribution in [-0.4, -0.2) is 37.3 Å². The van der Waals surface area contributed by atoms with Gasteiger partial charge in [0.05, 0.1) is 18.3 Å². The second kappa shape index (κ2) is 6.57. The van der Waals surface area contributed by atoms with Gasteiger partial charge in [-0.1, -0.05) is 12.8 Å². The summed E-state index contributed by atoms with van der Waals surface area (Å²) < 4.78 is 33.1. The molecule has 1 fully saturated rings. The van der Waals surface area contributed by atoms with E-state index in [1.807, 2.05) is 0 Å². The Hall–Kier alpha value is -1.41. The van der Waals surface area contributed by atoms with Gasteiger partial charge in [0.2, 0.25) is 10.0 Å². The van der Waals surface area contributed by atoms with Gasteiger partial charge in [-0.3, -0.25) is 9.48 Å². The molecular formula is C13H21N3O4S. The number of ether oxygens (including phenoxy) is 1. The molecule has 1 aromatic rings. The van der Waals surface area contributed by atoms with Gasteiger partial charge in [0.25, 0.3) is 0 Å². The molecule has 0 bridgehead atoms. The third-order valence-corrected chi connectivity index (χ3v) is 5.08. The molecule has 8 heteroatoms. The van der Waals surface area contributed by atoms with Gasteiger partial charge in [-0.25, -0.2) is 8.42 Å². The highest BCUT2D eigenvalue weighted by Crippen LogP contribution is 2.30. The van der Waals surface area contributed by atoms with Gasteiger partial charge >= 0.3 is 5.97 Å². The summed E-state index contributed by atoms with van der Waals surface area (Å²) in [4.78, 5) is 11.4. The Morgan fingerprint density at radius 1 is 1.48 bits per heavy atom. The third-order valence-electron chi connectivity index (χ3n) is 3.57. The van der Waals surface area contributed by atoms with E-state index in [1.165, 1.54) is 0 Å². The monoisotopic (exact) mass is 315 g/mol. The quantitative estimate of drug-likeness (QED) is 0.795. The summed E-state index contributed by atoms with van der Waals surface area (Å²) >= 11 is 0. The highest BCUT2D eigenvalue weighted by atomic mass is 32.2. The number of nitrogens with one attached hydrogen (secondary N) is 1. The fourth-order valence-corrected chi connectivity index (χ4v) is 3.67. The van der Waals surface area contributed by atoms with Crippen LogP contribution in [0, 0.1) is 6.92 Å². The number of carbonyl (C=O) groups is 1. The molecule has 7 nitrogen and oxygen atoms in total. The minimum Gasteiger partial charge on any atom is -0.465 e. The average molecular weight is 315 g/mol. The van der Waals surface area contributed by atoms with Crippen LogP contribution in [0.3, 0.4) is 0 Å². The van der Waals surface area contributed by atoms with E-state index in [1.54, 1.807) is 24.7 Å². The lowest BCUT2D eigenvalue weighted by molar-refractivity contribution is -0.141. The van der Waals surface area contributed by atoms with Crippen molar-refractivity contribution >= 4 is 16.0 Å². The first kappa shape index (κ1) is 16.0. The number of rotatable bonds is 6. The molecule has 1 N–H and O–H groups in total. The molecule has 1 aliphatic carbocycles. The minimum atomic E-state index is -3.75. The Bertz CT molecular complexity index is 603. The van der Waals surface area contributed by atoms with Crippen LogP contribution < -0.4 is 4.72 Å². The van der Waals surface area contributed by atoms with E-state index in [4.69, 9.17) is 4.74 Å². The first-order chi connectivity index (χ1) is 9.94. The fourth-order valence-electron chi connectivity index (χ4n) is 2.53. The van der Waals surface area contributed by atoms with Crippen molar-refractivity contribution in [3.8, 4) is 0 Å². The van der Waals surface area contributed by atoms with Crippen molar-refractivity contribution in [3.63, 3.8) is 0 Å². The normalized spacial score (nSPS) is 16.3. The molecule has 0 atom stereocenters. The highest BCUT2D eigenvalue weighted by Gasteiger charge is 2.25. The summed E-state index contributed by atoms with van der Waals surface area (Å²) in [5.74, 6) is -0.595. The molecule has 118 valence electrons. The summed E-state index contributed by atoms with van der Waals surface area (Å²) in [6.45, 7) is 3.18. The Balaban J connectivity index is 2.10. The van der Waals surface area contributed by atoms with E-state index >= 15 is 0 Å². The van der Waals surface area contributed by atoms with Gasteiger partial charge in [0, 0.05) is 6.20 Å². The molecular weight excluding hydrogens is 294 g/mol. The van der Waals surface area contributed by atoms with Gasteiger partial charge in [-0.2, -0.15) is 9.82 Å². The van der Waals surface area contributed by atoms with Gasteiger partial charge < -0.3 is 4.74 Å². The molecule has 0 saturated heterocycles. The van der Waals surface area contributed by atoms with Crippen molar-refractivity contribution < 1.29 is 17.9 Å². The maximum absolute atomic E-state index is 12.2. The second-order valence-electron chi connectivity index (χ2n) is 5.13.